The molecule has 1 saturated heterocycles. The van der Waals surface area contributed by atoms with E-state index in [1.54, 1.807) is 0 Å². The second-order valence-corrected chi connectivity index (χ2v) is 4.46. The van der Waals surface area contributed by atoms with E-state index in [0.717, 1.165) is 12.8 Å². The molecule has 1 fully saturated rings. The van der Waals surface area contributed by atoms with Crippen LogP contribution in [0, 0.1) is 0 Å². The van der Waals surface area contributed by atoms with Crippen molar-refractivity contribution < 1.29 is 23.7 Å². The predicted molar refractivity (Wildman–Crippen MR) is 66.2 cm³/mol. The third-order valence-corrected chi connectivity index (χ3v) is 2.86. The molecule has 1 aliphatic rings. The first-order valence-corrected chi connectivity index (χ1v) is 6.68. The summed E-state index contributed by atoms with van der Waals surface area (Å²) in [4.78, 5) is 10.8. The van der Waals surface area contributed by atoms with Gasteiger partial charge in [-0.15, -0.1) is 0 Å². The second kappa shape index (κ2) is 9.30. The zero-order chi connectivity index (χ0) is 13.2. The monoisotopic (exact) mass is 260 g/mol. The molecule has 5 nitrogen and oxygen atoms in total. The number of methoxy groups -OCH3 is 1. The first-order chi connectivity index (χ1) is 8.76. The minimum absolute atomic E-state index is 0.0302. The molecule has 0 N–H and O–H groups in total. The van der Waals surface area contributed by atoms with Crippen molar-refractivity contribution in [2.75, 3.05) is 26.9 Å². The van der Waals surface area contributed by atoms with Crippen molar-refractivity contribution in [3.63, 3.8) is 0 Å². The maximum Gasteiger partial charge on any atom is 0.331 e. The predicted octanol–water partition coefficient (Wildman–Crippen LogP) is 1.89. The molecule has 1 aliphatic heterocycles. The van der Waals surface area contributed by atoms with Crippen molar-refractivity contribution in [1.82, 2.24) is 0 Å². The molecule has 0 spiro atoms. The van der Waals surface area contributed by atoms with Gasteiger partial charge in [0.1, 0.15) is 12.7 Å². The van der Waals surface area contributed by atoms with E-state index >= 15 is 0 Å². The van der Waals surface area contributed by atoms with E-state index in [-0.39, 0.29) is 25.0 Å². The number of ether oxygens (including phenoxy) is 4. The van der Waals surface area contributed by atoms with Crippen LogP contribution in [0.15, 0.2) is 0 Å². The van der Waals surface area contributed by atoms with Crippen molar-refractivity contribution in [2.45, 2.75) is 51.4 Å². The molecule has 0 aromatic heterocycles. The summed E-state index contributed by atoms with van der Waals surface area (Å²) in [5, 5.41) is 0. The molecule has 1 heterocycles. The summed E-state index contributed by atoms with van der Waals surface area (Å²) >= 11 is 0. The van der Waals surface area contributed by atoms with Crippen LogP contribution in [0.25, 0.3) is 0 Å². The first-order valence-electron chi connectivity index (χ1n) is 6.68. The van der Waals surface area contributed by atoms with Crippen molar-refractivity contribution in [1.29, 1.82) is 0 Å². The fraction of sp³-hybridized carbons (Fsp3) is 0.923. The normalized spacial score (nSPS) is 23.2. The lowest BCUT2D eigenvalue weighted by Gasteiger charge is -2.11. The van der Waals surface area contributed by atoms with Crippen molar-refractivity contribution in [3.8, 4) is 0 Å². The Morgan fingerprint density at radius 2 is 2.17 bits per heavy atom. The summed E-state index contributed by atoms with van der Waals surface area (Å²) < 4.78 is 20.8. The highest BCUT2D eigenvalue weighted by Crippen LogP contribution is 2.17. The summed E-state index contributed by atoms with van der Waals surface area (Å²) in [6.07, 6.45) is 5.62. The Labute approximate surface area is 109 Å². The van der Waals surface area contributed by atoms with Crippen LogP contribution in [-0.4, -0.2) is 45.3 Å². The van der Waals surface area contributed by atoms with Gasteiger partial charge in [-0.3, -0.25) is 0 Å². The molecule has 0 aromatic carbocycles. The summed E-state index contributed by atoms with van der Waals surface area (Å²) in [6, 6.07) is 0. The van der Waals surface area contributed by atoms with Gasteiger partial charge < -0.3 is 18.9 Å². The summed E-state index contributed by atoms with van der Waals surface area (Å²) in [5.74, 6) is -0.370. The van der Waals surface area contributed by atoms with Crippen LogP contribution >= 0.6 is 0 Å². The van der Waals surface area contributed by atoms with Crippen molar-refractivity contribution in [2.24, 2.45) is 0 Å². The van der Waals surface area contributed by atoms with Crippen molar-refractivity contribution >= 4 is 5.97 Å². The van der Waals surface area contributed by atoms with Crippen LogP contribution in [0.1, 0.15) is 39.0 Å². The zero-order valence-electron chi connectivity index (χ0n) is 11.4. The molecular formula is C13H24O5. The molecule has 0 aromatic rings. The van der Waals surface area contributed by atoms with Gasteiger partial charge in [-0.05, 0) is 12.8 Å². The van der Waals surface area contributed by atoms with Crippen LogP contribution in [0.2, 0.25) is 0 Å². The lowest BCUT2D eigenvalue weighted by atomic mass is 10.1. The summed E-state index contributed by atoms with van der Waals surface area (Å²) in [7, 11) is 1.34. The number of hydrogen-bond acceptors (Lipinski definition) is 5. The van der Waals surface area contributed by atoms with Gasteiger partial charge in [0.15, 0.2) is 6.29 Å². The molecule has 18 heavy (non-hydrogen) atoms. The SMILES string of the molecule is CCCCCC[C@H]1OC[C@@H](COCC(=O)OC)O1. The largest absolute Gasteiger partial charge is 0.467 e. The quantitative estimate of drug-likeness (QED) is 0.468. The third kappa shape index (κ3) is 6.33. The Bertz CT molecular complexity index is 231. The summed E-state index contributed by atoms with van der Waals surface area (Å²) in [6.45, 7) is 3.08. The van der Waals surface area contributed by atoms with Gasteiger partial charge in [0.25, 0.3) is 0 Å². The topological polar surface area (TPSA) is 54.0 Å². The molecule has 1 rings (SSSR count). The molecule has 0 bridgehead atoms. The van der Waals surface area contributed by atoms with Crippen LogP contribution in [-0.2, 0) is 23.7 Å². The van der Waals surface area contributed by atoms with Gasteiger partial charge in [0.05, 0.1) is 20.3 Å². The minimum Gasteiger partial charge on any atom is -0.467 e. The van der Waals surface area contributed by atoms with Crippen LogP contribution in [0.4, 0.5) is 0 Å². The average Bonchev–Trinajstić information content (AvgIpc) is 2.82. The zero-order valence-corrected chi connectivity index (χ0v) is 11.4. The van der Waals surface area contributed by atoms with E-state index in [2.05, 4.69) is 11.7 Å². The van der Waals surface area contributed by atoms with E-state index in [1.807, 2.05) is 0 Å². The Morgan fingerprint density at radius 3 is 2.89 bits per heavy atom. The lowest BCUT2D eigenvalue weighted by Crippen LogP contribution is -2.22. The highest BCUT2D eigenvalue weighted by atomic mass is 16.7. The van der Waals surface area contributed by atoms with E-state index in [0.29, 0.717) is 13.2 Å². The Morgan fingerprint density at radius 1 is 1.33 bits per heavy atom. The number of carbonyl (C=O) groups excluding carboxylic acids is 1. The number of unbranched alkanes of at least 4 members (excludes halogenated alkanes) is 3. The first kappa shape index (κ1) is 15.4. The molecule has 0 unspecified atom stereocenters. The van der Waals surface area contributed by atoms with Crippen LogP contribution in [0.3, 0.4) is 0 Å². The maximum atomic E-state index is 10.8. The molecule has 106 valence electrons. The minimum atomic E-state index is -0.370. The van der Waals surface area contributed by atoms with Gasteiger partial charge in [0.2, 0.25) is 0 Å². The van der Waals surface area contributed by atoms with Crippen LogP contribution < -0.4 is 0 Å². The maximum absolute atomic E-state index is 10.8. The van der Waals surface area contributed by atoms with Crippen LogP contribution in [0.5, 0.6) is 0 Å². The number of hydrogen-bond donors (Lipinski definition) is 0. The fourth-order valence-corrected chi connectivity index (χ4v) is 1.82. The Kier molecular flexibility index (Phi) is 7.96. The smallest absolute Gasteiger partial charge is 0.331 e. The van der Waals surface area contributed by atoms with Gasteiger partial charge >= 0.3 is 5.97 Å². The molecule has 0 amide bonds. The standard InChI is InChI=1S/C13H24O5/c1-3-4-5-6-7-13-17-9-11(18-13)8-16-10-12(14)15-2/h11,13H,3-10H2,1-2H3/t11-,13+/m1/s1. The highest BCUT2D eigenvalue weighted by Gasteiger charge is 2.25. The van der Waals surface area contributed by atoms with Crippen molar-refractivity contribution in [3.05, 3.63) is 0 Å². The molecule has 0 radical (unpaired) electrons. The van der Waals surface area contributed by atoms with E-state index in [4.69, 9.17) is 14.2 Å². The van der Waals surface area contributed by atoms with Gasteiger partial charge in [-0.2, -0.15) is 0 Å². The molecule has 0 aliphatic carbocycles. The van der Waals surface area contributed by atoms with Gasteiger partial charge in [-0.1, -0.05) is 26.2 Å². The number of esters is 1. The van der Waals surface area contributed by atoms with E-state index in [9.17, 15) is 4.79 Å². The van der Waals surface area contributed by atoms with Gasteiger partial charge in [0, 0.05) is 0 Å². The lowest BCUT2D eigenvalue weighted by molar-refractivity contribution is -0.147. The molecular weight excluding hydrogens is 236 g/mol. The molecule has 5 heteroatoms. The van der Waals surface area contributed by atoms with E-state index in [1.165, 1.54) is 26.4 Å². The Hall–Kier alpha value is -0.650. The number of carbonyl (C=O) groups is 1. The number of rotatable bonds is 9. The highest BCUT2D eigenvalue weighted by molar-refractivity contribution is 5.70. The van der Waals surface area contributed by atoms with Gasteiger partial charge in [-0.25, -0.2) is 4.79 Å². The average molecular weight is 260 g/mol. The Balaban J connectivity index is 2.01. The third-order valence-electron chi connectivity index (χ3n) is 2.86. The second-order valence-electron chi connectivity index (χ2n) is 4.46. The molecule has 0 saturated carbocycles. The molecule has 2 atom stereocenters. The fourth-order valence-electron chi connectivity index (χ4n) is 1.82. The summed E-state index contributed by atoms with van der Waals surface area (Å²) in [5.41, 5.74) is 0. The van der Waals surface area contributed by atoms with E-state index < -0.39 is 0 Å².